The Kier molecular flexibility index (Phi) is 6.35. The van der Waals surface area contributed by atoms with E-state index in [1.807, 2.05) is 42.6 Å². The van der Waals surface area contributed by atoms with Gasteiger partial charge in [0.05, 0.1) is 11.8 Å². The van der Waals surface area contributed by atoms with Crippen LogP contribution in [-0.2, 0) is 5.75 Å². The number of rotatable bonds is 7. The Bertz CT molecular complexity index is 1160. The summed E-state index contributed by atoms with van der Waals surface area (Å²) in [7, 11) is 3.94. The molecule has 0 aliphatic rings. The predicted molar refractivity (Wildman–Crippen MR) is 118 cm³/mol. The van der Waals surface area contributed by atoms with Crippen LogP contribution in [0.15, 0.2) is 58.2 Å². The number of benzene rings is 2. The fraction of sp³-hybridized carbons (Fsp3) is 0.238. The van der Waals surface area contributed by atoms with Gasteiger partial charge >= 0.3 is 0 Å². The monoisotopic (exact) mass is 458 g/mol. The lowest BCUT2D eigenvalue weighted by molar-refractivity contribution is 0.305. The zero-order chi connectivity index (χ0) is 22.0. The Morgan fingerprint density at radius 2 is 1.81 bits per heavy atom. The summed E-state index contributed by atoms with van der Waals surface area (Å²) in [6.45, 7) is 2.04. The quantitative estimate of drug-likeness (QED) is 0.360. The lowest BCUT2D eigenvalue weighted by Gasteiger charge is -2.20. The molecule has 0 fully saturated rings. The molecule has 7 nitrogen and oxygen atoms in total. The van der Waals surface area contributed by atoms with E-state index in [-0.39, 0.29) is 11.9 Å². The van der Waals surface area contributed by atoms with E-state index in [0.717, 1.165) is 17.1 Å². The summed E-state index contributed by atoms with van der Waals surface area (Å²) in [6.07, 6.45) is 0. The zero-order valence-corrected chi connectivity index (χ0v) is 18.7. The van der Waals surface area contributed by atoms with Crippen molar-refractivity contribution in [3.63, 3.8) is 0 Å². The van der Waals surface area contributed by atoms with Crippen molar-refractivity contribution in [1.29, 1.82) is 0 Å². The first-order valence-electron chi connectivity index (χ1n) is 9.51. The van der Waals surface area contributed by atoms with Gasteiger partial charge in [0.1, 0.15) is 5.82 Å². The summed E-state index contributed by atoms with van der Waals surface area (Å²) < 4.78 is 20.8. The molecule has 2 heterocycles. The molecule has 4 rings (SSSR count). The van der Waals surface area contributed by atoms with E-state index >= 15 is 0 Å². The van der Waals surface area contributed by atoms with Crippen molar-refractivity contribution < 1.29 is 8.91 Å². The molecule has 160 valence electrons. The van der Waals surface area contributed by atoms with Gasteiger partial charge in [-0.15, -0.1) is 10.2 Å². The van der Waals surface area contributed by atoms with Gasteiger partial charge in [-0.25, -0.2) is 4.39 Å². The van der Waals surface area contributed by atoms with E-state index in [1.165, 1.54) is 23.9 Å². The molecule has 0 aliphatic carbocycles. The van der Waals surface area contributed by atoms with E-state index in [9.17, 15) is 4.39 Å². The molecule has 0 saturated carbocycles. The second kappa shape index (κ2) is 9.17. The maximum atomic E-state index is 13.5. The van der Waals surface area contributed by atoms with Crippen LogP contribution in [0.25, 0.3) is 17.1 Å². The highest BCUT2D eigenvalue weighted by molar-refractivity contribution is 7.98. The Morgan fingerprint density at radius 1 is 1.10 bits per heavy atom. The summed E-state index contributed by atoms with van der Waals surface area (Å²) >= 11 is 7.36. The van der Waals surface area contributed by atoms with Gasteiger partial charge < -0.3 is 4.52 Å². The van der Waals surface area contributed by atoms with Crippen LogP contribution in [-0.4, -0.2) is 43.9 Å². The summed E-state index contributed by atoms with van der Waals surface area (Å²) in [5, 5.41) is 14.1. The van der Waals surface area contributed by atoms with Crippen LogP contribution >= 0.6 is 23.4 Å². The van der Waals surface area contributed by atoms with Crippen LogP contribution in [0.4, 0.5) is 4.39 Å². The summed E-state index contributed by atoms with van der Waals surface area (Å²) in [5.74, 6) is 1.86. The van der Waals surface area contributed by atoms with E-state index in [1.54, 1.807) is 24.3 Å². The molecule has 0 aliphatic heterocycles. The van der Waals surface area contributed by atoms with Crippen molar-refractivity contribution in [3.8, 4) is 17.1 Å². The first kappa shape index (κ1) is 21.5. The Hall–Kier alpha value is -2.75. The SMILES string of the molecule is C[C@@H](c1nnc(SCc2noc(-c3ccc(Cl)cc3)n2)n1-c1ccc(F)cc1)N(C)C. The normalized spacial score (nSPS) is 12.5. The van der Waals surface area contributed by atoms with E-state index in [4.69, 9.17) is 16.1 Å². The summed E-state index contributed by atoms with van der Waals surface area (Å²) in [6, 6.07) is 13.5. The maximum Gasteiger partial charge on any atom is 0.257 e. The fourth-order valence-electron chi connectivity index (χ4n) is 2.86. The lowest BCUT2D eigenvalue weighted by Crippen LogP contribution is -2.20. The number of hydrogen-bond donors (Lipinski definition) is 0. The molecule has 0 unspecified atom stereocenters. The van der Waals surface area contributed by atoms with Gasteiger partial charge in [0.15, 0.2) is 16.8 Å². The minimum atomic E-state index is -0.297. The lowest BCUT2D eigenvalue weighted by atomic mass is 10.2. The molecule has 0 saturated heterocycles. The highest BCUT2D eigenvalue weighted by Gasteiger charge is 2.21. The second-order valence-corrected chi connectivity index (χ2v) is 8.48. The average molecular weight is 459 g/mol. The average Bonchev–Trinajstić information content (AvgIpc) is 3.40. The first-order valence-corrected chi connectivity index (χ1v) is 10.9. The topological polar surface area (TPSA) is 72.9 Å². The number of aromatic nitrogens is 5. The van der Waals surface area contributed by atoms with Crippen molar-refractivity contribution in [3.05, 3.63) is 71.0 Å². The van der Waals surface area contributed by atoms with Gasteiger partial charge in [0.2, 0.25) is 0 Å². The smallest absolute Gasteiger partial charge is 0.257 e. The van der Waals surface area contributed by atoms with Crippen LogP contribution in [0.2, 0.25) is 5.02 Å². The molecule has 0 spiro atoms. The molecule has 0 radical (unpaired) electrons. The molecule has 1 atom stereocenters. The van der Waals surface area contributed by atoms with Crippen LogP contribution in [0, 0.1) is 5.82 Å². The van der Waals surface area contributed by atoms with Crippen LogP contribution in [0.5, 0.6) is 0 Å². The molecule has 2 aromatic heterocycles. The molecular weight excluding hydrogens is 439 g/mol. The Labute approximate surface area is 188 Å². The van der Waals surface area contributed by atoms with E-state index < -0.39 is 0 Å². The van der Waals surface area contributed by atoms with Crippen LogP contribution in [0.1, 0.15) is 24.6 Å². The van der Waals surface area contributed by atoms with Crippen LogP contribution < -0.4 is 0 Å². The third-order valence-corrected chi connectivity index (χ3v) is 5.96. The minimum absolute atomic E-state index is 0.00795. The molecular formula is C21H20ClFN6OS. The maximum absolute atomic E-state index is 13.5. The highest BCUT2D eigenvalue weighted by atomic mass is 35.5. The van der Waals surface area contributed by atoms with Crippen molar-refractivity contribution in [2.24, 2.45) is 0 Å². The zero-order valence-electron chi connectivity index (χ0n) is 17.2. The standard InChI is InChI=1S/C21H20ClFN6OS/c1-13(28(2)3)19-25-26-21(29(19)17-10-8-16(23)9-11-17)31-12-18-24-20(30-27-18)14-4-6-15(22)7-5-14/h4-11,13H,12H2,1-3H3/t13-/m0/s1. The number of thioether (sulfide) groups is 1. The second-order valence-electron chi connectivity index (χ2n) is 7.10. The molecule has 10 heteroatoms. The molecule has 0 bridgehead atoms. The van der Waals surface area contributed by atoms with Gasteiger partial charge in [-0.05, 0) is 69.6 Å². The minimum Gasteiger partial charge on any atom is -0.334 e. The van der Waals surface area contributed by atoms with E-state index in [0.29, 0.717) is 27.6 Å². The number of nitrogens with zero attached hydrogens (tertiary/aromatic N) is 6. The summed E-state index contributed by atoms with van der Waals surface area (Å²) in [5.41, 5.74) is 1.58. The highest BCUT2D eigenvalue weighted by Crippen LogP contribution is 2.29. The van der Waals surface area contributed by atoms with Gasteiger partial charge in [0, 0.05) is 16.3 Å². The first-order chi connectivity index (χ1) is 14.9. The third-order valence-electron chi connectivity index (χ3n) is 4.78. The van der Waals surface area contributed by atoms with Gasteiger partial charge in [0.25, 0.3) is 5.89 Å². The number of halogens is 2. The molecule has 2 aromatic carbocycles. The van der Waals surface area contributed by atoms with Gasteiger partial charge in [-0.1, -0.05) is 28.5 Å². The van der Waals surface area contributed by atoms with Crippen molar-refractivity contribution in [2.45, 2.75) is 23.9 Å². The van der Waals surface area contributed by atoms with E-state index in [2.05, 4.69) is 20.3 Å². The Morgan fingerprint density at radius 3 is 2.48 bits per heavy atom. The van der Waals surface area contributed by atoms with Crippen molar-refractivity contribution in [1.82, 2.24) is 29.8 Å². The van der Waals surface area contributed by atoms with Gasteiger partial charge in [-0.3, -0.25) is 9.47 Å². The molecule has 31 heavy (non-hydrogen) atoms. The predicted octanol–water partition coefficient (Wildman–Crippen LogP) is 5.02. The van der Waals surface area contributed by atoms with Crippen LogP contribution in [0.3, 0.4) is 0 Å². The molecule has 0 amide bonds. The third kappa shape index (κ3) is 4.79. The molecule has 0 N–H and O–H groups in total. The summed E-state index contributed by atoms with van der Waals surface area (Å²) in [4.78, 5) is 6.49. The fourth-order valence-corrected chi connectivity index (χ4v) is 3.79. The Balaban J connectivity index is 1.59. The largest absolute Gasteiger partial charge is 0.334 e. The van der Waals surface area contributed by atoms with Crippen molar-refractivity contribution in [2.75, 3.05) is 14.1 Å². The van der Waals surface area contributed by atoms with Crippen molar-refractivity contribution >= 4 is 23.4 Å². The molecule has 4 aromatic rings. The number of hydrogen-bond acceptors (Lipinski definition) is 7. The van der Waals surface area contributed by atoms with Gasteiger partial charge in [-0.2, -0.15) is 4.98 Å².